The SMILES string of the molecule is NS(=O)(=O)Nc1ccc(NS(=O)(=O)c2ccc3c(c2)CCC(=O)N3)cc1. The van der Waals surface area contributed by atoms with Gasteiger partial charge in [0.25, 0.3) is 20.2 Å². The number of fused-ring (bicyclic) bond motifs is 1. The Bertz CT molecular complexity index is 1060. The zero-order valence-electron chi connectivity index (χ0n) is 13.4. The van der Waals surface area contributed by atoms with E-state index in [0.29, 0.717) is 18.5 Å². The summed E-state index contributed by atoms with van der Waals surface area (Å²) in [5.74, 6) is -0.0978. The first-order valence-electron chi connectivity index (χ1n) is 7.49. The van der Waals surface area contributed by atoms with Crippen LogP contribution in [0.2, 0.25) is 0 Å². The van der Waals surface area contributed by atoms with Crippen molar-refractivity contribution in [3.63, 3.8) is 0 Å². The molecular weight excluding hydrogens is 380 g/mol. The average Bonchev–Trinajstić information content (AvgIpc) is 2.54. The molecule has 1 heterocycles. The molecule has 5 N–H and O–H groups in total. The monoisotopic (exact) mass is 396 g/mol. The largest absolute Gasteiger partial charge is 0.326 e. The molecule has 0 radical (unpaired) electrons. The van der Waals surface area contributed by atoms with E-state index in [1.165, 1.54) is 36.4 Å². The molecule has 11 heteroatoms. The van der Waals surface area contributed by atoms with Crippen LogP contribution in [0.3, 0.4) is 0 Å². The molecule has 9 nitrogen and oxygen atoms in total. The van der Waals surface area contributed by atoms with Gasteiger partial charge in [0, 0.05) is 23.5 Å². The third kappa shape index (κ3) is 4.31. The van der Waals surface area contributed by atoms with Crippen LogP contribution in [0.4, 0.5) is 17.1 Å². The predicted molar refractivity (Wildman–Crippen MR) is 97.4 cm³/mol. The Morgan fingerprint density at radius 2 is 1.50 bits per heavy atom. The van der Waals surface area contributed by atoms with E-state index < -0.39 is 20.2 Å². The van der Waals surface area contributed by atoms with Crippen LogP contribution in [0.5, 0.6) is 0 Å². The molecule has 2 aromatic rings. The highest BCUT2D eigenvalue weighted by atomic mass is 32.2. The van der Waals surface area contributed by atoms with Crippen molar-refractivity contribution in [2.24, 2.45) is 5.14 Å². The van der Waals surface area contributed by atoms with Gasteiger partial charge < -0.3 is 5.32 Å². The maximum Gasteiger partial charge on any atom is 0.296 e. The third-order valence-electron chi connectivity index (χ3n) is 3.68. The summed E-state index contributed by atoms with van der Waals surface area (Å²) in [7, 11) is -7.73. The lowest BCUT2D eigenvalue weighted by Crippen LogP contribution is -2.21. The second-order valence-corrected chi connectivity index (χ2v) is 8.67. The van der Waals surface area contributed by atoms with Gasteiger partial charge in [-0.25, -0.2) is 13.6 Å². The fourth-order valence-corrected chi connectivity index (χ4v) is 4.09. The van der Waals surface area contributed by atoms with Crippen molar-refractivity contribution in [3.05, 3.63) is 48.0 Å². The van der Waals surface area contributed by atoms with Gasteiger partial charge in [0.2, 0.25) is 5.91 Å². The number of rotatable bonds is 5. The molecule has 0 fully saturated rings. The highest BCUT2D eigenvalue weighted by molar-refractivity contribution is 7.92. The van der Waals surface area contributed by atoms with Crippen LogP contribution in [0.25, 0.3) is 0 Å². The van der Waals surface area contributed by atoms with E-state index in [1.54, 1.807) is 6.07 Å². The summed E-state index contributed by atoms with van der Waals surface area (Å²) in [6.45, 7) is 0. The van der Waals surface area contributed by atoms with E-state index in [1.807, 2.05) is 0 Å². The quantitative estimate of drug-likeness (QED) is 0.595. The van der Waals surface area contributed by atoms with E-state index in [9.17, 15) is 21.6 Å². The molecule has 3 rings (SSSR count). The van der Waals surface area contributed by atoms with Crippen LogP contribution >= 0.6 is 0 Å². The van der Waals surface area contributed by atoms with E-state index in [-0.39, 0.29) is 22.2 Å². The molecular formula is C15H16N4O5S2. The Morgan fingerprint density at radius 3 is 2.12 bits per heavy atom. The molecule has 0 saturated heterocycles. The number of aryl methyl sites for hydroxylation is 1. The highest BCUT2D eigenvalue weighted by Crippen LogP contribution is 2.26. The number of hydrogen-bond donors (Lipinski definition) is 4. The number of carbonyl (C=O) groups is 1. The first-order valence-corrected chi connectivity index (χ1v) is 10.5. The van der Waals surface area contributed by atoms with Gasteiger partial charge >= 0.3 is 0 Å². The third-order valence-corrected chi connectivity index (χ3v) is 5.58. The van der Waals surface area contributed by atoms with Crippen molar-refractivity contribution in [1.82, 2.24) is 0 Å². The van der Waals surface area contributed by atoms with E-state index in [0.717, 1.165) is 5.56 Å². The van der Waals surface area contributed by atoms with Crippen molar-refractivity contribution >= 4 is 43.2 Å². The molecule has 0 aliphatic carbocycles. The minimum absolute atomic E-state index is 0.0686. The van der Waals surface area contributed by atoms with Crippen molar-refractivity contribution in [2.75, 3.05) is 14.8 Å². The van der Waals surface area contributed by atoms with Gasteiger partial charge in [-0.3, -0.25) is 14.2 Å². The summed E-state index contributed by atoms with van der Waals surface area (Å²) in [6, 6.07) is 10.1. The summed E-state index contributed by atoms with van der Waals surface area (Å²) < 4.78 is 51.5. The minimum Gasteiger partial charge on any atom is -0.326 e. The molecule has 1 amide bonds. The number of anilines is 3. The number of nitrogens with one attached hydrogen (secondary N) is 3. The molecule has 0 unspecified atom stereocenters. The smallest absolute Gasteiger partial charge is 0.296 e. The minimum atomic E-state index is -3.90. The van der Waals surface area contributed by atoms with Crippen LogP contribution in [0.1, 0.15) is 12.0 Å². The summed E-state index contributed by atoms with van der Waals surface area (Å²) >= 11 is 0. The van der Waals surface area contributed by atoms with Crippen LogP contribution in [-0.4, -0.2) is 22.7 Å². The van der Waals surface area contributed by atoms with Gasteiger partial charge in [0.15, 0.2) is 0 Å². The Labute approximate surface area is 150 Å². The van der Waals surface area contributed by atoms with E-state index in [2.05, 4.69) is 14.8 Å². The van der Waals surface area contributed by atoms with Gasteiger partial charge in [0.05, 0.1) is 4.90 Å². The summed E-state index contributed by atoms with van der Waals surface area (Å²) in [5, 5.41) is 7.56. The molecule has 0 aromatic heterocycles. The van der Waals surface area contributed by atoms with Crippen molar-refractivity contribution in [2.45, 2.75) is 17.7 Å². The van der Waals surface area contributed by atoms with Crippen LogP contribution in [0.15, 0.2) is 47.4 Å². The lowest BCUT2D eigenvalue weighted by atomic mass is 10.0. The van der Waals surface area contributed by atoms with Crippen LogP contribution in [0, 0.1) is 0 Å². The van der Waals surface area contributed by atoms with Gasteiger partial charge in [0.1, 0.15) is 0 Å². The molecule has 0 atom stereocenters. The van der Waals surface area contributed by atoms with E-state index in [4.69, 9.17) is 5.14 Å². The molecule has 2 aromatic carbocycles. The second-order valence-electron chi connectivity index (χ2n) is 5.70. The first-order chi connectivity index (χ1) is 12.1. The Hall–Kier alpha value is -2.63. The number of nitrogens with two attached hydrogens (primary N) is 1. The van der Waals surface area contributed by atoms with Crippen molar-refractivity contribution in [3.8, 4) is 0 Å². The summed E-state index contributed by atoms with van der Waals surface area (Å²) in [6.07, 6.45) is 0.779. The summed E-state index contributed by atoms with van der Waals surface area (Å²) in [4.78, 5) is 11.4. The van der Waals surface area contributed by atoms with Crippen LogP contribution < -0.4 is 19.9 Å². The number of hydrogen-bond acceptors (Lipinski definition) is 5. The average molecular weight is 396 g/mol. The molecule has 26 heavy (non-hydrogen) atoms. The fourth-order valence-electron chi connectivity index (χ4n) is 2.51. The zero-order chi connectivity index (χ0) is 18.9. The predicted octanol–water partition coefficient (Wildman–Crippen LogP) is 0.987. The highest BCUT2D eigenvalue weighted by Gasteiger charge is 2.20. The molecule has 1 aliphatic heterocycles. The lowest BCUT2D eigenvalue weighted by Gasteiger charge is -2.18. The maximum absolute atomic E-state index is 12.5. The Balaban J connectivity index is 1.80. The standard InChI is InChI=1S/C15H16N4O5S2/c16-26(23,24)19-12-4-2-11(3-5-12)18-25(21,22)13-6-7-14-10(9-13)1-8-15(20)17-14/h2-7,9,18-19H,1,8H2,(H,17,20)(H2,16,23,24). The number of sulfonamides is 1. The van der Waals surface area contributed by atoms with Crippen LogP contribution in [-0.2, 0) is 31.4 Å². The van der Waals surface area contributed by atoms with Gasteiger partial charge in [-0.05, 0) is 54.4 Å². The molecule has 138 valence electrons. The molecule has 0 bridgehead atoms. The molecule has 1 aliphatic rings. The fraction of sp³-hybridized carbons (Fsp3) is 0.133. The lowest BCUT2D eigenvalue weighted by molar-refractivity contribution is -0.116. The maximum atomic E-state index is 12.5. The van der Waals surface area contributed by atoms with Gasteiger partial charge in [-0.15, -0.1) is 0 Å². The molecule has 0 spiro atoms. The number of amides is 1. The van der Waals surface area contributed by atoms with Gasteiger partial charge in [-0.1, -0.05) is 0 Å². The summed E-state index contributed by atoms with van der Waals surface area (Å²) in [5.41, 5.74) is 1.83. The topological polar surface area (TPSA) is 147 Å². The van der Waals surface area contributed by atoms with Gasteiger partial charge in [-0.2, -0.15) is 8.42 Å². The second kappa shape index (κ2) is 6.59. The Morgan fingerprint density at radius 1 is 0.885 bits per heavy atom. The Kier molecular flexibility index (Phi) is 4.61. The number of benzene rings is 2. The number of carbonyl (C=O) groups excluding carboxylic acids is 1. The molecule has 0 saturated carbocycles. The zero-order valence-corrected chi connectivity index (χ0v) is 15.0. The normalized spacial score (nSPS) is 14.3. The van der Waals surface area contributed by atoms with Crippen molar-refractivity contribution in [1.29, 1.82) is 0 Å². The first kappa shape index (κ1) is 18.2. The van der Waals surface area contributed by atoms with E-state index >= 15 is 0 Å². The van der Waals surface area contributed by atoms with Crippen molar-refractivity contribution < 1.29 is 21.6 Å².